The molecule has 1 N–H and O–H groups in total. The third kappa shape index (κ3) is 4.89. The minimum atomic E-state index is 0.490. The van der Waals surface area contributed by atoms with Crippen LogP contribution < -0.4 is 5.32 Å². The van der Waals surface area contributed by atoms with E-state index >= 15 is 0 Å². The first-order valence-corrected chi connectivity index (χ1v) is 6.47. The van der Waals surface area contributed by atoms with Crippen molar-refractivity contribution in [3.8, 4) is 0 Å². The van der Waals surface area contributed by atoms with Gasteiger partial charge in [-0.3, -0.25) is 0 Å². The van der Waals surface area contributed by atoms with Crippen molar-refractivity contribution in [2.45, 2.75) is 37.5 Å². The molecule has 0 radical (unpaired) electrons. The molecule has 1 fully saturated rings. The number of thioether (sulfide) groups is 1. The van der Waals surface area contributed by atoms with E-state index in [0.717, 1.165) is 24.9 Å². The summed E-state index contributed by atoms with van der Waals surface area (Å²) in [5.41, 5.74) is 0. The summed E-state index contributed by atoms with van der Waals surface area (Å²) in [5, 5.41) is 4.23. The first kappa shape index (κ1) is 11.3. The smallest absolute Gasteiger partial charge is 0.0700 e. The van der Waals surface area contributed by atoms with E-state index in [-0.39, 0.29) is 0 Å². The summed E-state index contributed by atoms with van der Waals surface area (Å²) in [5.74, 6) is 0. The summed E-state index contributed by atoms with van der Waals surface area (Å²) < 4.78 is 5.52. The molecule has 0 aromatic carbocycles. The Morgan fingerprint density at radius 1 is 1.62 bits per heavy atom. The van der Waals surface area contributed by atoms with E-state index in [2.05, 4.69) is 18.5 Å². The zero-order valence-electron chi connectivity index (χ0n) is 8.71. The highest BCUT2D eigenvalue weighted by Gasteiger charge is 2.14. The van der Waals surface area contributed by atoms with E-state index in [4.69, 9.17) is 4.74 Å². The highest BCUT2D eigenvalue weighted by molar-refractivity contribution is 7.99. The van der Waals surface area contributed by atoms with Gasteiger partial charge in [0.15, 0.2) is 0 Å². The van der Waals surface area contributed by atoms with Gasteiger partial charge in [0.2, 0.25) is 0 Å². The lowest BCUT2D eigenvalue weighted by molar-refractivity contribution is 0.110. The van der Waals surface area contributed by atoms with Gasteiger partial charge < -0.3 is 10.1 Å². The predicted molar refractivity (Wildman–Crippen MR) is 59.4 cm³/mol. The molecule has 3 heteroatoms. The molecule has 1 heterocycles. The van der Waals surface area contributed by atoms with Crippen LogP contribution in [-0.2, 0) is 4.74 Å². The number of hydrogen-bond acceptors (Lipinski definition) is 3. The quantitative estimate of drug-likeness (QED) is 0.666. The molecule has 2 atom stereocenters. The van der Waals surface area contributed by atoms with Gasteiger partial charge in [0.1, 0.15) is 0 Å². The molecule has 0 aromatic heterocycles. The first-order valence-electron chi connectivity index (χ1n) is 5.18. The van der Waals surface area contributed by atoms with E-state index < -0.39 is 0 Å². The predicted octanol–water partition coefficient (Wildman–Crippen LogP) is 1.90. The molecule has 2 nitrogen and oxygen atoms in total. The molecule has 1 aliphatic heterocycles. The molecule has 0 amide bonds. The minimum Gasteiger partial charge on any atom is -0.377 e. The van der Waals surface area contributed by atoms with Crippen molar-refractivity contribution in [1.82, 2.24) is 5.32 Å². The van der Waals surface area contributed by atoms with Crippen molar-refractivity contribution in [1.29, 1.82) is 0 Å². The lowest BCUT2D eigenvalue weighted by Crippen LogP contribution is -2.28. The van der Waals surface area contributed by atoms with Crippen LogP contribution in [0.3, 0.4) is 0 Å². The SMILES string of the molecule is CSC(C)CCNCC1CCCO1. The van der Waals surface area contributed by atoms with Crippen LogP contribution in [0.4, 0.5) is 0 Å². The number of nitrogens with one attached hydrogen (secondary N) is 1. The topological polar surface area (TPSA) is 21.3 Å². The molecule has 1 rings (SSSR count). The summed E-state index contributed by atoms with van der Waals surface area (Å²) in [6.45, 7) is 5.41. The molecule has 0 aliphatic carbocycles. The van der Waals surface area contributed by atoms with Crippen LogP contribution >= 0.6 is 11.8 Å². The van der Waals surface area contributed by atoms with Crippen LogP contribution in [0.1, 0.15) is 26.2 Å². The maximum atomic E-state index is 5.52. The van der Waals surface area contributed by atoms with Gasteiger partial charge in [-0.2, -0.15) is 11.8 Å². The van der Waals surface area contributed by atoms with E-state index in [9.17, 15) is 0 Å². The largest absolute Gasteiger partial charge is 0.377 e. The number of hydrogen-bond donors (Lipinski definition) is 1. The Balaban J connectivity index is 1.88. The van der Waals surface area contributed by atoms with Crippen molar-refractivity contribution >= 4 is 11.8 Å². The lowest BCUT2D eigenvalue weighted by atomic mass is 10.2. The van der Waals surface area contributed by atoms with Crippen molar-refractivity contribution in [2.24, 2.45) is 0 Å². The molecule has 78 valence electrons. The second-order valence-electron chi connectivity index (χ2n) is 3.67. The Morgan fingerprint density at radius 2 is 2.46 bits per heavy atom. The fraction of sp³-hybridized carbons (Fsp3) is 1.00. The third-order valence-electron chi connectivity index (χ3n) is 2.53. The summed E-state index contributed by atoms with van der Waals surface area (Å²) in [7, 11) is 0. The maximum absolute atomic E-state index is 5.52. The number of rotatable bonds is 6. The summed E-state index contributed by atoms with van der Waals surface area (Å²) in [6.07, 6.45) is 6.40. The molecule has 0 bridgehead atoms. The van der Waals surface area contributed by atoms with E-state index in [0.29, 0.717) is 6.10 Å². The fourth-order valence-corrected chi connectivity index (χ4v) is 1.85. The Kier molecular flexibility index (Phi) is 5.83. The van der Waals surface area contributed by atoms with Gasteiger partial charge in [-0.1, -0.05) is 6.92 Å². The zero-order valence-corrected chi connectivity index (χ0v) is 9.53. The molecular formula is C10H21NOS. The molecule has 0 aromatic rings. The van der Waals surface area contributed by atoms with E-state index in [1.807, 2.05) is 11.8 Å². The van der Waals surface area contributed by atoms with Gasteiger partial charge in [-0.15, -0.1) is 0 Å². The summed E-state index contributed by atoms with van der Waals surface area (Å²) >= 11 is 1.94. The van der Waals surface area contributed by atoms with Crippen molar-refractivity contribution in [3.05, 3.63) is 0 Å². The molecule has 13 heavy (non-hydrogen) atoms. The Labute approximate surface area is 85.8 Å². The summed E-state index contributed by atoms with van der Waals surface area (Å²) in [6, 6.07) is 0. The Hall–Kier alpha value is 0.270. The standard InChI is InChI=1S/C10H21NOS/c1-9(13-2)5-6-11-8-10-4-3-7-12-10/h9-11H,3-8H2,1-2H3. The molecule has 1 saturated heterocycles. The Bertz CT molecular complexity index is 126. The zero-order chi connectivity index (χ0) is 9.52. The molecule has 0 spiro atoms. The van der Waals surface area contributed by atoms with Crippen molar-refractivity contribution in [3.63, 3.8) is 0 Å². The minimum absolute atomic E-state index is 0.490. The average molecular weight is 203 g/mol. The number of ether oxygens (including phenoxy) is 1. The van der Waals surface area contributed by atoms with Crippen molar-refractivity contribution in [2.75, 3.05) is 26.0 Å². The van der Waals surface area contributed by atoms with Gasteiger partial charge >= 0.3 is 0 Å². The van der Waals surface area contributed by atoms with Crippen LogP contribution in [0.25, 0.3) is 0 Å². The van der Waals surface area contributed by atoms with Crippen LogP contribution in [0.15, 0.2) is 0 Å². The monoisotopic (exact) mass is 203 g/mol. The van der Waals surface area contributed by atoms with Gasteiger partial charge in [-0.25, -0.2) is 0 Å². The van der Waals surface area contributed by atoms with Crippen LogP contribution in [0.5, 0.6) is 0 Å². The third-order valence-corrected chi connectivity index (χ3v) is 3.57. The normalized spacial score (nSPS) is 24.9. The molecular weight excluding hydrogens is 182 g/mol. The lowest BCUT2D eigenvalue weighted by Gasteiger charge is -2.12. The molecule has 0 saturated carbocycles. The van der Waals surface area contributed by atoms with Gasteiger partial charge in [0.05, 0.1) is 6.10 Å². The first-order chi connectivity index (χ1) is 6.33. The highest BCUT2D eigenvalue weighted by Crippen LogP contribution is 2.11. The molecule has 1 aliphatic rings. The fourth-order valence-electron chi connectivity index (χ4n) is 1.49. The average Bonchev–Trinajstić information content (AvgIpc) is 2.64. The van der Waals surface area contributed by atoms with Crippen molar-refractivity contribution < 1.29 is 4.74 Å². The van der Waals surface area contributed by atoms with Crippen LogP contribution in [-0.4, -0.2) is 37.3 Å². The van der Waals surface area contributed by atoms with Gasteiger partial charge in [-0.05, 0) is 32.1 Å². The second-order valence-corrected chi connectivity index (χ2v) is 4.95. The maximum Gasteiger partial charge on any atom is 0.0700 e. The van der Waals surface area contributed by atoms with Crippen LogP contribution in [0.2, 0.25) is 0 Å². The highest BCUT2D eigenvalue weighted by atomic mass is 32.2. The van der Waals surface area contributed by atoms with E-state index in [1.165, 1.54) is 19.3 Å². The second kappa shape index (κ2) is 6.68. The van der Waals surface area contributed by atoms with E-state index in [1.54, 1.807) is 0 Å². The Morgan fingerprint density at radius 3 is 3.08 bits per heavy atom. The molecule has 2 unspecified atom stereocenters. The van der Waals surface area contributed by atoms with Crippen LogP contribution in [0, 0.1) is 0 Å². The summed E-state index contributed by atoms with van der Waals surface area (Å²) in [4.78, 5) is 0. The van der Waals surface area contributed by atoms with Gasteiger partial charge in [0.25, 0.3) is 0 Å². The van der Waals surface area contributed by atoms with Gasteiger partial charge in [0, 0.05) is 18.4 Å².